The molecule has 0 radical (unpaired) electrons. The van der Waals surface area contributed by atoms with Gasteiger partial charge in [-0.05, 0) is 24.8 Å². The largest absolute Gasteiger partial charge is 0.494 e. The van der Waals surface area contributed by atoms with Crippen LogP contribution >= 0.6 is 0 Å². The standard InChI is InChI=1S/C15H16N4O4/c1-19-14(22)7-8-4-10(2-3-11(8)18-19)16-15(23)9-5-12(20)17-13(21)6-9/h5-7,10H,2-4H2,1H3,(H,16,23)(H2,17,20,21). The maximum absolute atomic E-state index is 12.2. The number of aromatic amines is 1. The number of hydrogen-bond donors (Lipinski definition) is 3. The van der Waals surface area contributed by atoms with E-state index in [0.717, 1.165) is 17.3 Å². The number of pyridine rings is 1. The zero-order chi connectivity index (χ0) is 16.6. The Morgan fingerprint density at radius 3 is 2.91 bits per heavy atom. The summed E-state index contributed by atoms with van der Waals surface area (Å²) in [5, 5.41) is 16.4. The number of amides is 1. The Morgan fingerprint density at radius 2 is 2.17 bits per heavy atom. The Labute approximate surface area is 130 Å². The zero-order valence-corrected chi connectivity index (χ0v) is 12.5. The molecule has 2 aromatic rings. The van der Waals surface area contributed by atoms with E-state index in [9.17, 15) is 19.5 Å². The van der Waals surface area contributed by atoms with Crippen molar-refractivity contribution in [1.29, 1.82) is 0 Å². The van der Waals surface area contributed by atoms with Gasteiger partial charge >= 0.3 is 0 Å². The molecular weight excluding hydrogens is 300 g/mol. The number of aromatic nitrogens is 3. The summed E-state index contributed by atoms with van der Waals surface area (Å²) in [4.78, 5) is 37.3. The molecule has 120 valence electrons. The Kier molecular flexibility index (Phi) is 3.73. The smallest absolute Gasteiger partial charge is 0.266 e. The number of carbonyl (C=O) groups is 1. The van der Waals surface area contributed by atoms with E-state index in [1.54, 1.807) is 13.1 Å². The minimum absolute atomic E-state index is 0.0964. The SMILES string of the molecule is Cn1nc2c(cc1=O)CC(NC(=O)c1cc(O)[nH]c(=O)c1)CC2. The highest BCUT2D eigenvalue weighted by molar-refractivity contribution is 5.94. The van der Waals surface area contributed by atoms with Crippen molar-refractivity contribution in [3.63, 3.8) is 0 Å². The molecule has 2 aromatic heterocycles. The van der Waals surface area contributed by atoms with Crippen LogP contribution in [0.5, 0.6) is 5.88 Å². The van der Waals surface area contributed by atoms with Crippen LogP contribution in [-0.4, -0.2) is 31.8 Å². The number of hydrogen-bond acceptors (Lipinski definition) is 5. The number of rotatable bonds is 2. The number of H-pyrrole nitrogens is 1. The molecule has 0 fully saturated rings. The van der Waals surface area contributed by atoms with E-state index >= 15 is 0 Å². The van der Waals surface area contributed by atoms with Crippen LogP contribution in [0.1, 0.15) is 28.0 Å². The lowest BCUT2D eigenvalue weighted by Gasteiger charge is -2.24. The third-order valence-electron chi connectivity index (χ3n) is 3.88. The Morgan fingerprint density at radius 1 is 1.39 bits per heavy atom. The van der Waals surface area contributed by atoms with Crippen molar-refractivity contribution in [3.8, 4) is 5.88 Å². The molecular formula is C15H16N4O4. The van der Waals surface area contributed by atoms with Crippen LogP contribution in [0.15, 0.2) is 27.8 Å². The Balaban J connectivity index is 1.76. The molecule has 8 heteroatoms. The number of nitrogens with zero attached hydrogens (tertiary/aromatic N) is 2. The van der Waals surface area contributed by atoms with Crippen molar-refractivity contribution in [1.82, 2.24) is 20.1 Å². The van der Waals surface area contributed by atoms with Gasteiger partial charge in [-0.3, -0.25) is 19.4 Å². The molecule has 23 heavy (non-hydrogen) atoms. The lowest BCUT2D eigenvalue weighted by molar-refractivity contribution is 0.0932. The molecule has 1 amide bonds. The molecule has 1 unspecified atom stereocenters. The zero-order valence-electron chi connectivity index (χ0n) is 12.5. The van der Waals surface area contributed by atoms with Gasteiger partial charge in [-0.1, -0.05) is 0 Å². The minimum Gasteiger partial charge on any atom is -0.494 e. The second-order valence-electron chi connectivity index (χ2n) is 5.61. The summed E-state index contributed by atoms with van der Waals surface area (Å²) in [5.74, 6) is -0.791. The molecule has 0 aliphatic heterocycles. The van der Waals surface area contributed by atoms with E-state index in [2.05, 4.69) is 15.4 Å². The van der Waals surface area contributed by atoms with Crippen molar-refractivity contribution < 1.29 is 9.90 Å². The first-order valence-corrected chi connectivity index (χ1v) is 7.22. The third-order valence-corrected chi connectivity index (χ3v) is 3.88. The van der Waals surface area contributed by atoms with Gasteiger partial charge in [-0.2, -0.15) is 5.10 Å². The summed E-state index contributed by atoms with van der Waals surface area (Å²) >= 11 is 0. The number of aromatic hydroxyl groups is 1. The highest BCUT2D eigenvalue weighted by Crippen LogP contribution is 2.18. The first-order valence-electron chi connectivity index (χ1n) is 7.22. The molecule has 0 saturated heterocycles. The topological polar surface area (TPSA) is 117 Å². The van der Waals surface area contributed by atoms with Gasteiger partial charge in [0.2, 0.25) is 0 Å². The predicted molar refractivity (Wildman–Crippen MR) is 81.5 cm³/mol. The van der Waals surface area contributed by atoms with Crippen molar-refractivity contribution >= 4 is 5.91 Å². The monoisotopic (exact) mass is 316 g/mol. The summed E-state index contributed by atoms with van der Waals surface area (Å²) in [6.07, 6.45) is 1.87. The number of fused-ring (bicyclic) bond motifs is 1. The van der Waals surface area contributed by atoms with Crippen LogP contribution in [0.2, 0.25) is 0 Å². The van der Waals surface area contributed by atoms with Gasteiger partial charge in [0.1, 0.15) is 0 Å². The van der Waals surface area contributed by atoms with E-state index in [1.165, 1.54) is 10.7 Å². The van der Waals surface area contributed by atoms with Gasteiger partial charge in [0, 0.05) is 31.3 Å². The fourth-order valence-electron chi connectivity index (χ4n) is 2.74. The molecule has 0 spiro atoms. The van der Waals surface area contributed by atoms with E-state index in [0.29, 0.717) is 19.3 Å². The fraction of sp³-hybridized carbons (Fsp3) is 0.333. The van der Waals surface area contributed by atoms with Crippen LogP contribution in [0.4, 0.5) is 0 Å². The van der Waals surface area contributed by atoms with Gasteiger partial charge in [0.15, 0.2) is 5.88 Å². The van der Waals surface area contributed by atoms with Gasteiger partial charge in [-0.15, -0.1) is 0 Å². The average Bonchev–Trinajstić information content (AvgIpc) is 2.47. The molecule has 3 N–H and O–H groups in total. The van der Waals surface area contributed by atoms with Gasteiger partial charge in [0.05, 0.1) is 11.3 Å². The van der Waals surface area contributed by atoms with Crippen LogP contribution < -0.4 is 16.4 Å². The molecule has 1 atom stereocenters. The highest BCUT2D eigenvalue weighted by Gasteiger charge is 2.23. The highest BCUT2D eigenvalue weighted by atomic mass is 16.3. The van der Waals surface area contributed by atoms with Gasteiger partial charge in [0.25, 0.3) is 17.0 Å². The molecule has 8 nitrogen and oxygen atoms in total. The van der Waals surface area contributed by atoms with E-state index < -0.39 is 11.5 Å². The summed E-state index contributed by atoms with van der Waals surface area (Å²) in [5.41, 5.74) is 1.07. The lowest BCUT2D eigenvalue weighted by atomic mass is 9.92. The number of carbonyl (C=O) groups excluding carboxylic acids is 1. The van der Waals surface area contributed by atoms with Gasteiger partial charge in [-0.25, -0.2) is 4.68 Å². The number of nitrogens with one attached hydrogen (secondary N) is 2. The summed E-state index contributed by atoms with van der Waals surface area (Å²) in [6, 6.07) is 3.72. The second kappa shape index (κ2) is 5.71. The maximum Gasteiger partial charge on any atom is 0.266 e. The van der Waals surface area contributed by atoms with E-state index in [1.807, 2.05) is 0 Å². The predicted octanol–water partition coefficient (Wildman–Crippen LogP) is -0.539. The molecule has 3 rings (SSSR count). The van der Waals surface area contributed by atoms with Crippen LogP contribution in [0.3, 0.4) is 0 Å². The number of aryl methyl sites for hydroxylation is 2. The van der Waals surface area contributed by atoms with E-state index in [4.69, 9.17) is 0 Å². The van der Waals surface area contributed by atoms with Crippen LogP contribution in [-0.2, 0) is 19.9 Å². The lowest BCUT2D eigenvalue weighted by Crippen LogP contribution is -2.40. The normalized spacial score (nSPS) is 16.7. The van der Waals surface area contributed by atoms with Crippen LogP contribution in [0.25, 0.3) is 0 Å². The molecule has 0 aromatic carbocycles. The third kappa shape index (κ3) is 3.15. The maximum atomic E-state index is 12.2. The molecule has 1 aliphatic carbocycles. The Hall–Kier alpha value is -2.90. The summed E-state index contributed by atoms with van der Waals surface area (Å²) in [7, 11) is 1.61. The van der Waals surface area contributed by atoms with Crippen molar-refractivity contribution in [2.24, 2.45) is 7.05 Å². The summed E-state index contributed by atoms with van der Waals surface area (Å²) in [6.45, 7) is 0. The van der Waals surface area contributed by atoms with Crippen LogP contribution in [0, 0.1) is 0 Å². The molecule has 0 bridgehead atoms. The fourth-order valence-corrected chi connectivity index (χ4v) is 2.74. The average molecular weight is 316 g/mol. The van der Waals surface area contributed by atoms with Crippen molar-refractivity contribution in [3.05, 3.63) is 55.7 Å². The molecule has 0 saturated carbocycles. The Bertz CT molecular complexity index is 884. The van der Waals surface area contributed by atoms with Crippen molar-refractivity contribution in [2.75, 3.05) is 0 Å². The summed E-state index contributed by atoms with van der Waals surface area (Å²) < 4.78 is 1.30. The van der Waals surface area contributed by atoms with Gasteiger partial charge < -0.3 is 10.4 Å². The molecule has 1 aliphatic rings. The second-order valence-corrected chi connectivity index (χ2v) is 5.61. The first kappa shape index (κ1) is 15.0. The van der Waals surface area contributed by atoms with E-state index in [-0.39, 0.29) is 23.0 Å². The molecule has 2 heterocycles. The minimum atomic E-state index is -0.545. The first-order chi connectivity index (χ1) is 10.9. The van der Waals surface area contributed by atoms with Crippen molar-refractivity contribution in [2.45, 2.75) is 25.3 Å². The quantitative estimate of drug-likeness (QED) is 0.688.